The number of hydrogen-bond acceptors (Lipinski definition) is 5. The van der Waals surface area contributed by atoms with Crippen LogP contribution < -0.4 is 11.1 Å². The largest absolute Gasteiger partial charge is 0.500 e. The maximum absolute atomic E-state index is 5.53. The Morgan fingerprint density at radius 2 is 1.80 bits per heavy atom. The third-order valence-electron chi connectivity index (χ3n) is 3.54. The molecule has 3 N–H and O–H groups in total. The molecule has 0 aliphatic rings. The highest BCUT2D eigenvalue weighted by atomic mass is 28.4. The van der Waals surface area contributed by atoms with Crippen LogP contribution in [-0.4, -0.2) is 43.2 Å². The van der Waals surface area contributed by atoms with Gasteiger partial charge in [0, 0.05) is 46.2 Å². The lowest BCUT2D eigenvalue weighted by Crippen LogP contribution is -2.43. The fraction of sp³-hybridized carbons (Fsp3) is 0.571. The Morgan fingerprint density at radius 1 is 1.15 bits per heavy atom. The van der Waals surface area contributed by atoms with Crippen molar-refractivity contribution in [3.63, 3.8) is 0 Å². The number of anilines is 1. The highest BCUT2D eigenvalue weighted by Gasteiger charge is 2.37. The molecule has 6 heteroatoms. The molecule has 114 valence electrons. The summed E-state index contributed by atoms with van der Waals surface area (Å²) < 4.78 is 16.4. The van der Waals surface area contributed by atoms with Gasteiger partial charge in [-0.05, 0) is 30.5 Å². The van der Waals surface area contributed by atoms with Gasteiger partial charge >= 0.3 is 8.80 Å². The average molecular weight is 298 g/mol. The van der Waals surface area contributed by atoms with Crippen LogP contribution in [0.3, 0.4) is 0 Å². The zero-order chi connectivity index (χ0) is 15.0. The molecule has 0 fully saturated rings. The number of aryl methyl sites for hydroxylation is 1. The van der Waals surface area contributed by atoms with Gasteiger partial charge in [0.15, 0.2) is 0 Å². The van der Waals surface area contributed by atoms with E-state index >= 15 is 0 Å². The van der Waals surface area contributed by atoms with Gasteiger partial charge in [0.25, 0.3) is 0 Å². The van der Waals surface area contributed by atoms with Gasteiger partial charge in [-0.1, -0.05) is 12.1 Å². The quantitative estimate of drug-likeness (QED) is 0.680. The fourth-order valence-corrected chi connectivity index (χ4v) is 3.88. The van der Waals surface area contributed by atoms with Crippen molar-refractivity contribution >= 4 is 14.5 Å². The summed E-state index contributed by atoms with van der Waals surface area (Å²) in [5.41, 5.74) is 9.18. The zero-order valence-electron chi connectivity index (χ0n) is 12.9. The van der Waals surface area contributed by atoms with E-state index in [2.05, 4.69) is 30.4 Å². The molecule has 0 unspecified atom stereocenters. The Kier molecular flexibility index (Phi) is 7.18. The molecule has 0 atom stereocenters. The smallest absolute Gasteiger partial charge is 0.384 e. The molecule has 0 aliphatic carbocycles. The van der Waals surface area contributed by atoms with Crippen LogP contribution in [0.2, 0.25) is 6.04 Å². The molecule has 0 saturated carbocycles. The maximum Gasteiger partial charge on any atom is 0.500 e. The van der Waals surface area contributed by atoms with E-state index in [1.807, 2.05) is 0 Å². The van der Waals surface area contributed by atoms with E-state index in [0.29, 0.717) is 6.54 Å². The van der Waals surface area contributed by atoms with Crippen molar-refractivity contribution in [3.8, 4) is 0 Å². The van der Waals surface area contributed by atoms with E-state index < -0.39 is 8.80 Å². The standard InChI is InChI=1S/C14H26N2O3Si/c1-12-13(6-5-7-14(12)16-10-9-15)8-11-20(17-2,18-3)19-4/h5-7,16H,8-11,15H2,1-4H3. The van der Waals surface area contributed by atoms with Crippen LogP contribution in [0.4, 0.5) is 5.69 Å². The monoisotopic (exact) mass is 298 g/mol. The van der Waals surface area contributed by atoms with E-state index in [9.17, 15) is 0 Å². The summed E-state index contributed by atoms with van der Waals surface area (Å²) in [4.78, 5) is 0. The number of hydrogen-bond donors (Lipinski definition) is 2. The first-order valence-corrected chi connectivity index (χ1v) is 8.73. The molecule has 0 radical (unpaired) electrons. The molecule has 0 aliphatic heterocycles. The molecule has 1 aromatic carbocycles. The van der Waals surface area contributed by atoms with Gasteiger partial charge in [0.1, 0.15) is 0 Å². The molecule has 0 aromatic heterocycles. The minimum atomic E-state index is -2.51. The van der Waals surface area contributed by atoms with Gasteiger partial charge in [0.05, 0.1) is 0 Å². The SMILES string of the molecule is CO[Si](CCc1cccc(NCCN)c1C)(OC)OC. The molecule has 0 spiro atoms. The minimum Gasteiger partial charge on any atom is -0.384 e. The summed E-state index contributed by atoms with van der Waals surface area (Å²) in [6.45, 7) is 3.51. The molecule has 1 rings (SSSR count). The Hall–Kier alpha value is -0.923. The maximum atomic E-state index is 5.53. The summed E-state index contributed by atoms with van der Waals surface area (Å²) >= 11 is 0. The molecular formula is C14H26N2O3Si. The van der Waals surface area contributed by atoms with Gasteiger partial charge in [-0.25, -0.2) is 0 Å². The van der Waals surface area contributed by atoms with Crippen LogP contribution in [-0.2, 0) is 19.7 Å². The number of nitrogens with one attached hydrogen (secondary N) is 1. The first-order valence-electron chi connectivity index (χ1n) is 6.80. The molecule has 0 saturated heterocycles. The van der Waals surface area contributed by atoms with E-state index in [1.165, 1.54) is 11.1 Å². The van der Waals surface area contributed by atoms with Crippen LogP contribution in [0, 0.1) is 6.92 Å². The molecule has 0 amide bonds. The van der Waals surface area contributed by atoms with E-state index in [-0.39, 0.29) is 0 Å². The normalized spacial score (nSPS) is 11.7. The van der Waals surface area contributed by atoms with Crippen molar-refractivity contribution in [2.24, 2.45) is 5.73 Å². The van der Waals surface area contributed by atoms with Crippen molar-refractivity contribution in [3.05, 3.63) is 29.3 Å². The molecular weight excluding hydrogens is 272 g/mol. The summed E-state index contributed by atoms with van der Waals surface area (Å²) in [6.07, 6.45) is 0.867. The van der Waals surface area contributed by atoms with Crippen LogP contribution in [0.15, 0.2) is 18.2 Å². The van der Waals surface area contributed by atoms with E-state index in [4.69, 9.17) is 19.0 Å². The lowest BCUT2D eigenvalue weighted by Gasteiger charge is -2.24. The minimum absolute atomic E-state index is 0.622. The second-order valence-corrected chi connectivity index (χ2v) is 7.69. The van der Waals surface area contributed by atoms with E-state index in [0.717, 1.165) is 24.7 Å². The van der Waals surface area contributed by atoms with Crippen LogP contribution in [0.5, 0.6) is 0 Å². The van der Waals surface area contributed by atoms with Gasteiger partial charge in [-0.3, -0.25) is 0 Å². The summed E-state index contributed by atoms with van der Waals surface area (Å²) in [5.74, 6) is 0. The number of nitrogens with two attached hydrogens (primary N) is 1. The molecule has 0 heterocycles. The van der Waals surface area contributed by atoms with Crippen LogP contribution in [0.1, 0.15) is 11.1 Å². The molecule has 1 aromatic rings. The van der Waals surface area contributed by atoms with Gasteiger partial charge in [0.2, 0.25) is 0 Å². The van der Waals surface area contributed by atoms with Crippen LogP contribution >= 0.6 is 0 Å². The summed E-state index contributed by atoms with van der Waals surface area (Å²) in [6, 6.07) is 7.01. The predicted molar refractivity (Wildman–Crippen MR) is 84.0 cm³/mol. The lowest BCUT2D eigenvalue weighted by molar-refractivity contribution is 0.123. The lowest BCUT2D eigenvalue weighted by atomic mass is 10.0. The van der Waals surface area contributed by atoms with Gasteiger partial charge in [-0.2, -0.15) is 0 Å². The van der Waals surface area contributed by atoms with Crippen molar-refractivity contribution in [1.29, 1.82) is 0 Å². The van der Waals surface area contributed by atoms with Gasteiger partial charge in [-0.15, -0.1) is 0 Å². The third-order valence-corrected chi connectivity index (χ3v) is 6.27. The Balaban J connectivity index is 2.77. The average Bonchev–Trinajstić information content (AvgIpc) is 2.49. The molecule has 0 bridgehead atoms. The first-order chi connectivity index (χ1) is 9.62. The van der Waals surface area contributed by atoms with Gasteiger partial charge < -0.3 is 24.3 Å². The van der Waals surface area contributed by atoms with Crippen molar-refractivity contribution in [1.82, 2.24) is 0 Å². The molecule has 20 heavy (non-hydrogen) atoms. The van der Waals surface area contributed by atoms with Crippen molar-refractivity contribution in [2.75, 3.05) is 39.7 Å². The Bertz CT molecular complexity index is 403. The molecule has 5 nitrogen and oxygen atoms in total. The Morgan fingerprint density at radius 3 is 2.35 bits per heavy atom. The highest BCUT2D eigenvalue weighted by molar-refractivity contribution is 6.60. The zero-order valence-corrected chi connectivity index (χ0v) is 13.9. The second kappa shape index (κ2) is 8.38. The van der Waals surface area contributed by atoms with Crippen molar-refractivity contribution < 1.29 is 13.3 Å². The van der Waals surface area contributed by atoms with E-state index in [1.54, 1.807) is 21.3 Å². The number of benzene rings is 1. The summed E-state index contributed by atoms with van der Waals surface area (Å²) in [5, 5.41) is 3.33. The summed E-state index contributed by atoms with van der Waals surface area (Å²) in [7, 11) is 2.43. The van der Waals surface area contributed by atoms with Crippen LogP contribution in [0.25, 0.3) is 0 Å². The van der Waals surface area contributed by atoms with Crippen molar-refractivity contribution in [2.45, 2.75) is 19.4 Å². The topological polar surface area (TPSA) is 65.7 Å². The first kappa shape index (κ1) is 17.1. The number of rotatable bonds is 9. The predicted octanol–water partition coefficient (Wildman–Crippen LogP) is 1.79. The second-order valence-electron chi connectivity index (χ2n) is 4.60. The highest BCUT2D eigenvalue weighted by Crippen LogP contribution is 2.23. The Labute approximate surface area is 122 Å². The fourth-order valence-electron chi connectivity index (χ4n) is 2.20. The third kappa shape index (κ3) is 4.29.